The third kappa shape index (κ3) is 19.9. The van der Waals surface area contributed by atoms with Crippen molar-refractivity contribution < 1.29 is 0 Å². The zero-order valence-corrected chi connectivity index (χ0v) is 18.3. The molecule has 0 heterocycles. The topological polar surface area (TPSA) is 104 Å². The Morgan fingerprint density at radius 2 is 1.00 bits per heavy atom. The molecule has 0 aliphatic carbocycles. The Morgan fingerprint density at radius 3 is 1.42 bits per heavy atom. The lowest BCUT2D eigenvalue weighted by Crippen LogP contribution is -2.41. The number of nitrogens with zero attached hydrogens (tertiary/aromatic N) is 5. The van der Waals surface area contributed by atoms with Gasteiger partial charge < -0.3 is 22.1 Å². The number of hydrogen-bond acceptors (Lipinski definition) is 10. The third-order valence-corrected chi connectivity index (χ3v) is 3.59. The van der Waals surface area contributed by atoms with Crippen molar-refractivity contribution in [1.82, 2.24) is 40.4 Å². The highest BCUT2D eigenvalue weighted by molar-refractivity contribution is 4.56. The summed E-state index contributed by atoms with van der Waals surface area (Å²) in [5.41, 5.74) is 10.7. The molecule has 7 N–H and O–H groups in total. The molecular weight excluding hydrogens is 332 g/mol. The first-order chi connectivity index (χ1) is 12.3. The summed E-state index contributed by atoms with van der Waals surface area (Å²) in [5.74, 6) is 0. The molecule has 0 atom stereocenters. The minimum absolute atomic E-state index is 0.569. The van der Waals surface area contributed by atoms with Crippen molar-refractivity contribution in [2.75, 3.05) is 109 Å². The van der Waals surface area contributed by atoms with E-state index in [2.05, 4.69) is 51.8 Å². The Morgan fingerprint density at radius 1 is 0.577 bits per heavy atom. The molecule has 0 saturated heterocycles. The molecule has 0 saturated carbocycles. The maximum Gasteiger partial charge on any atom is 0.0512 e. The summed E-state index contributed by atoms with van der Waals surface area (Å²) in [6.45, 7) is 7.77. The predicted octanol–water partition coefficient (Wildman–Crippen LogP) is -2.72. The van der Waals surface area contributed by atoms with Crippen LogP contribution in [0, 0.1) is 0 Å². The molecule has 0 aliphatic rings. The van der Waals surface area contributed by atoms with Gasteiger partial charge in [0.25, 0.3) is 0 Å². The zero-order valence-electron chi connectivity index (χ0n) is 18.3. The van der Waals surface area contributed by atoms with E-state index in [4.69, 9.17) is 11.5 Å². The molecule has 26 heavy (non-hydrogen) atoms. The largest absolute Gasteiger partial charge is 0.318 e. The van der Waals surface area contributed by atoms with E-state index in [0.717, 1.165) is 46.4 Å². The van der Waals surface area contributed by atoms with Gasteiger partial charge in [0.1, 0.15) is 0 Å². The van der Waals surface area contributed by atoms with Crippen LogP contribution in [0.25, 0.3) is 0 Å². The average Bonchev–Trinajstić information content (AvgIpc) is 2.60. The van der Waals surface area contributed by atoms with E-state index in [9.17, 15) is 0 Å². The fourth-order valence-electron chi connectivity index (χ4n) is 2.05. The second-order valence-corrected chi connectivity index (χ2v) is 6.82. The minimum atomic E-state index is 0.569. The molecule has 0 rings (SSSR count). The molecule has 0 aliphatic heterocycles. The van der Waals surface area contributed by atoms with Crippen LogP contribution in [0.3, 0.4) is 0 Å². The number of nitrogens with one attached hydrogen (secondary N) is 3. The molecule has 0 fully saturated rings. The van der Waals surface area contributed by atoms with E-state index in [1.165, 1.54) is 0 Å². The van der Waals surface area contributed by atoms with Crippen LogP contribution in [0.15, 0.2) is 0 Å². The highest BCUT2D eigenvalue weighted by Crippen LogP contribution is 1.88. The zero-order chi connectivity index (χ0) is 20.4. The maximum absolute atomic E-state index is 5.37. The second kappa shape index (κ2) is 19.4. The summed E-state index contributed by atoms with van der Waals surface area (Å²) >= 11 is 0. The quantitative estimate of drug-likeness (QED) is 0.193. The maximum atomic E-state index is 5.37. The van der Waals surface area contributed by atoms with Gasteiger partial charge in [0.05, 0.1) is 6.67 Å². The summed E-state index contributed by atoms with van der Waals surface area (Å²) in [7, 11) is 14.2. The Balaban J connectivity index is 0. The standard InChI is InChI=1S/C10H27N5.C6H19N5/c1-11-8-13(3)6-7-14(4)10-15(5)9-12-2;1-10(3-7)5-9-6-11(2)4-8/h11-12H,6-10H2,1-5H3;9H,3-8H2,1-2H3. The lowest BCUT2D eigenvalue weighted by Gasteiger charge is -2.26. The fraction of sp³-hybridized carbons (Fsp3) is 1.00. The van der Waals surface area contributed by atoms with Gasteiger partial charge in [-0.25, -0.2) is 0 Å². The molecule has 10 nitrogen and oxygen atoms in total. The van der Waals surface area contributed by atoms with E-state index in [0.29, 0.717) is 13.3 Å². The van der Waals surface area contributed by atoms with Crippen molar-refractivity contribution in [2.45, 2.75) is 0 Å². The van der Waals surface area contributed by atoms with Gasteiger partial charge in [0.15, 0.2) is 0 Å². The molecule has 0 aromatic rings. The molecule has 0 spiro atoms. The van der Waals surface area contributed by atoms with Crippen LogP contribution in [0.4, 0.5) is 0 Å². The van der Waals surface area contributed by atoms with E-state index in [1.54, 1.807) is 0 Å². The van der Waals surface area contributed by atoms with Crippen LogP contribution in [0.1, 0.15) is 0 Å². The Kier molecular flexibility index (Phi) is 20.7. The second-order valence-electron chi connectivity index (χ2n) is 6.82. The Labute approximate surface area is 161 Å². The van der Waals surface area contributed by atoms with Crippen molar-refractivity contribution in [3.8, 4) is 0 Å². The number of likely N-dealkylation sites (N-methyl/N-ethyl adjacent to an activating group) is 2. The minimum Gasteiger partial charge on any atom is -0.318 e. The van der Waals surface area contributed by atoms with E-state index >= 15 is 0 Å². The molecule has 0 unspecified atom stereocenters. The number of hydrogen-bond donors (Lipinski definition) is 5. The van der Waals surface area contributed by atoms with Gasteiger partial charge in [-0.15, -0.1) is 0 Å². The van der Waals surface area contributed by atoms with Crippen molar-refractivity contribution in [2.24, 2.45) is 11.5 Å². The molecule has 0 amide bonds. The summed E-state index contributed by atoms with van der Waals surface area (Å²) in [6, 6.07) is 0. The predicted molar refractivity (Wildman–Crippen MR) is 112 cm³/mol. The van der Waals surface area contributed by atoms with Crippen LogP contribution < -0.4 is 27.4 Å². The summed E-state index contributed by atoms with van der Waals surface area (Å²) in [6.07, 6.45) is 0. The molecular formula is C16H46N10. The van der Waals surface area contributed by atoms with Gasteiger partial charge >= 0.3 is 0 Å². The monoisotopic (exact) mass is 378 g/mol. The van der Waals surface area contributed by atoms with E-state index in [-0.39, 0.29) is 0 Å². The first-order valence-corrected chi connectivity index (χ1v) is 9.13. The van der Waals surface area contributed by atoms with Crippen LogP contribution in [0.5, 0.6) is 0 Å². The fourth-order valence-corrected chi connectivity index (χ4v) is 2.05. The Hall–Kier alpha value is -0.400. The van der Waals surface area contributed by atoms with Crippen molar-refractivity contribution in [3.05, 3.63) is 0 Å². The highest BCUT2D eigenvalue weighted by Gasteiger charge is 2.03. The van der Waals surface area contributed by atoms with Crippen molar-refractivity contribution >= 4 is 0 Å². The Bertz CT molecular complexity index is 272. The van der Waals surface area contributed by atoms with Crippen molar-refractivity contribution in [3.63, 3.8) is 0 Å². The van der Waals surface area contributed by atoms with Crippen LogP contribution >= 0.6 is 0 Å². The van der Waals surface area contributed by atoms with Crippen LogP contribution in [-0.4, -0.2) is 134 Å². The molecule has 160 valence electrons. The molecule has 10 heteroatoms. The van der Waals surface area contributed by atoms with E-state index < -0.39 is 0 Å². The lowest BCUT2D eigenvalue weighted by molar-refractivity contribution is 0.160. The highest BCUT2D eigenvalue weighted by atomic mass is 15.3. The first kappa shape index (κ1) is 27.8. The molecule has 0 bridgehead atoms. The lowest BCUT2D eigenvalue weighted by atomic mass is 10.5. The van der Waals surface area contributed by atoms with Gasteiger partial charge in [-0.05, 0) is 49.3 Å². The van der Waals surface area contributed by atoms with Gasteiger partial charge in [-0.1, -0.05) is 0 Å². The SMILES string of the molecule is CN(CN)CNCN(C)CN.CNCN(C)CCN(C)CN(C)CNC. The van der Waals surface area contributed by atoms with Gasteiger partial charge in [0, 0.05) is 53.1 Å². The summed E-state index contributed by atoms with van der Waals surface area (Å²) < 4.78 is 0. The summed E-state index contributed by atoms with van der Waals surface area (Å²) in [4.78, 5) is 10.8. The third-order valence-electron chi connectivity index (χ3n) is 3.59. The molecule has 0 aromatic carbocycles. The van der Waals surface area contributed by atoms with Gasteiger partial charge in [-0.3, -0.25) is 29.8 Å². The number of nitrogens with two attached hydrogens (primary N) is 2. The van der Waals surface area contributed by atoms with Gasteiger partial charge in [0.2, 0.25) is 0 Å². The average molecular weight is 379 g/mol. The van der Waals surface area contributed by atoms with Gasteiger partial charge in [-0.2, -0.15) is 0 Å². The normalized spacial score (nSPS) is 11.8. The smallest absolute Gasteiger partial charge is 0.0512 e. The molecule has 0 aromatic heterocycles. The number of rotatable bonds is 15. The van der Waals surface area contributed by atoms with Crippen LogP contribution in [0.2, 0.25) is 0 Å². The molecule has 0 radical (unpaired) electrons. The van der Waals surface area contributed by atoms with E-state index in [1.807, 2.05) is 38.0 Å². The van der Waals surface area contributed by atoms with Crippen LogP contribution in [-0.2, 0) is 0 Å². The summed E-state index contributed by atoms with van der Waals surface area (Å²) in [5, 5.41) is 9.45. The first-order valence-electron chi connectivity index (χ1n) is 9.13. The van der Waals surface area contributed by atoms with Crippen molar-refractivity contribution in [1.29, 1.82) is 0 Å².